The van der Waals surface area contributed by atoms with Gasteiger partial charge >= 0.3 is 0 Å². The smallest absolute Gasteiger partial charge is 0.0680 e. The molecule has 0 aromatic rings. The number of hydrogen-bond acceptors (Lipinski definition) is 2. The van der Waals surface area contributed by atoms with Gasteiger partial charge in [0.05, 0.1) is 24.7 Å². The van der Waals surface area contributed by atoms with Crippen LogP contribution in [-0.4, -0.2) is 12.2 Å². The molecule has 86 valence electrons. The van der Waals surface area contributed by atoms with Crippen LogP contribution in [0.4, 0.5) is 0 Å². The first-order valence-electron chi connectivity index (χ1n) is 5.95. The number of nitriles is 1. The summed E-state index contributed by atoms with van der Waals surface area (Å²) in [6, 6.07) is 2.16. The molecule has 0 bridgehead atoms. The SMILES string of the molecule is CC1CC(OC(C)CC#N)CC(C)(C)C1. The predicted octanol–water partition coefficient (Wildman–Crippen LogP) is 3.52. The van der Waals surface area contributed by atoms with Gasteiger partial charge in [-0.3, -0.25) is 0 Å². The van der Waals surface area contributed by atoms with Crippen LogP contribution in [0.1, 0.15) is 53.4 Å². The summed E-state index contributed by atoms with van der Waals surface area (Å²) in [5.74, 6) is 0.744. The third-order valence-electron chi connectivity index (χ3n) is 3.15. The first kappa shape index (κ1) is 12.5. The molecule has 0 heterocycles. The van der Waals surface area contributed by atoms with Crippen molar-refractivity contribution in [3.63, 3.8) is 0 Å². The minimum atomic E-state index is 0.0844. The fourth-order valence-electron chi connectivity index (χ4n) is 2.87. The number of nitrogens with zero attached hydrogens (tertiary/aromatic N) is 1. The molecule has 15 heavy (non-hydrogen) atoms. The average molecular weight is 209 g/mol. The molecule has 0 amide bonds. The lowest BCUT2D eigenvalue weighted by Crippen LogP contribution is -2.34. The van der Waals surface area contributed by atoms with Gasteiger partial charge in [0.1, 0.15) is 0 Å². The van der Waals surface area contributed by atoms with E-state index in [0.717, 1.165) is 18.8 Å². The van der Waals surface area contributed by atoms with Gasteiger partial charge in [0.25, 0.3) is 0 Å². The summed E-state index contributed by atoms with van der Waals surface area (Å²) in [7, 11) is 0. The molecule has 3 atom stereocenters. The number of ether oxygens (including phenoxy) is 1. The first-order chi connectivity index (χ1) is 6.93. The van der Waals surface area contributed by atoms with Crippen LogP contribution in [0.15, 0.2) is 0 Å². The second-order valence-electron chi connectivity index (χ2n) is 5.84. The molecular formula is C13H23NO. The third kappa shape index (κ3) is 4.22. The van der Waals surface area contributed by atoms with Gasteiger partial charge < -0.3 is 4.74 Å². The van der Waals surface area contributed by atoms with E-state index in [2.05, 4.69) is 26.8 Å². The number of rotatable bonds is 3. The van der Waals surface area contributed by atoms with Gasteiger partial charge in [-0.25, -0.2) is 0 Å². The minimum Gasteiger partial charge on any atom is -0.374 e. The maximum Gasteiger partial charge on any atom is 0.0680 e. The van der Waals surface area contributed by atoms with E-state index >= 15 is 0 Å². The van der Waals surface area contributed by atoms with E-state index in [1.807, 2.05) is 6.92 Å². The zero-order chi connectivity index (χ0) is 11.5. The highest BCUT2D eigenvalue weighted by Crippen LogP contribution is 2.40. The summed E-state index contributed by atoms with van der Waals surface area (Å²) in [4.78, 5) is 0. The molecule has 0 radical (unpaired) electrons. The molecule has 0 aliphatic heterocycles. The van der Waals surface area contributed by atoms with Crippen LogP contribution < -0.4 is 0 Å². The summed E-state index contributed by atoms with van der Waals surface area (Å²) in [6.45, 7) is 8.92. The monoisotopic (exact) mass is 209 g/mol. The summed E-state index contributed by atoms with van der Waals surface area (Å²) in [5, 5.41) is 8.59. The Bertz CT molecular complexity index is 241. The van der Waals surface area contributed by atoms with E-state index in [1.165, 1.54) is 6.42 Å². The molecule has 3 unspecified atom stereocenters. The van der Waals surface area contributed by atoms with E-state index < -0.39 is 0 Å². The Kier molecular flexibility index (Phi) is 4.16. The Morgan fingerprint density at radius 3 is 2.67 bits per heavy atom. The van der Waals surface area contributed by atoms with Crippen molar-refractivity contribution in [1.82, 2.24) is 0 Å². The Balaban J connectivity index is 2.45. The molecule has 0 saturated heterocycles. The molecule has 1 aliphatic carbocycles. The minimum absolute atomic E-state index is 0.0844. The highest BCUT2D eigenvalue weighted by atomic mass is 16.5. The lowest BCUT2D eigenvalue weighted by Gasteiger charge is -2.39. The third-order valence-corrected chi connectivity index (χ3v) is 3.15. The topological polar surface area (TPSA) is 33.0 Å². The van der Waals surface area contributed by atoms with Crippen LogP contribution in [0.25, 0.3) is 0 Å². The second-order valence-corrected chi connectivity index (χ2v) is 5.84. The number of hydrogen-bond donors (Lipinski definition) is 0. The van der Waals surface area contributed by atoms with Gasteiger partial charge in [0.2, 0.25) is 0 Å². The molecule has 1 rings (SSSR count). The largest absolute Gasteiger partial charge is 0.374 e. The molecular weight excluding hydrogens is 186 g/mol. The Morgan fingerprint density at radius 2 is 2.13 bits per heavy atom. The Labute approximate surface area is 93.6 Å². The second kappa shape index (κ2) is 4.99. The predicted molar refractivity (Wildman–Crippen MR) is 61.4 cm³/mol. The van der Waals surface area contributed by atoms with Crippen LogP contribution in [0.5, 0.6) is 0 Å². The van der Waals surface area contributed by atoms with Crippen LogP contribution in [0, 0.1) is 22.7 Å². The van der Waals surface area contributed by atoms with Crippen molar-refractivity contribution in [2.45, 2.75) is 65.6 Å². The van der Waals surface area contributed by atoms with Gasteiger partial charge in [0.15, 0.2) is 0 Å². The molecule has 1 fully saturated rings. The Morgan fingerprint density at radius 1 is 1.47 bits per heavy atom. The molecule has 2 heteroatoms. The van der Waals surface area contributed by atoms with Gasteiger partial charge in [0, 0.05) is 0 Å². The van der Waals surface area contributed by atoms with Gasteiger partial charge in [-0.1, -0.05) is 20.8 Å². The van der Waals surface area contributed by atoms with E-state index in [0.29, 0.717) is 17.9 Å². The van der Waals surface area contributed by atoms with E-state index in [-0.39, 0.29) is 6.10 Å². The van der Waals surface area contributed by atoms with Crippen molar-refractivity contribution in [3.05, 3.63) is 0 Å². The Hall–Kier alpha value is -0.550. The van der Waals surface area contributed by atoms with Crippen LogP contribution in [0.2, 0.25) is 0 Å². The van der Waals surface area contributed by atoms with E-state index in [1.54, 1.807) is 0 Å². The maximum atomic E-state index is 8.59. The van der Waals surface area contributed by atoms with Crippen molar-refractivity contribution >= 4 is 0 Å². The van der Waals surface area contributed by atoms with Gasteiger partial charge in [-0.15, -0.1) is 0 Å². The fraction of sp³-hybridized carbons (Fsp3) is 0.923. The molecule has 0 aromatic carbocycles. The summed E-state index contributed by atoms with van der Waals surface area (Å²) >= 11 is 0. The van der Waals surface area contributed by atoms with Crippen molar-refractivity contribution in [3.8, 4) is 6.07 Å². The standard InChI is InChI=1S/C13H23NO/c1-10-7-12(9-13(3,4)8-10)15-11(2)5-6-14/h10-12H,5,7-9H2,1-4H3. The average Bonchev–Trinajstić information content (AvgIpc) is 1.99. The van der Waals surface area contributed by atoms with E-state index in [4.69, 9.17) is 10.00 Å². The molecule has 0 N–H and O–H groups in total. The molecule has 1 saturated carbocycles. The quantitative estimate of drug-likeness (QED) is 0.712. The highest BCUT2D eigenvalue weighted by molar-refractivity contribution is 4.84. The van der Waals surface area contributed by atoms with Gasteiger partial charge in [-0.2, -0.15) is 5.26 Å². The summed E-state index contributed by atoms with van der Waals surface area (Å²) < 4.78 is 5.92. The molecule has 0 aromatic heterocycles. The normalized spacial score (nSPS) is 31.9. The van der Waals surface area contributed by atoms with Crippen LogP contribution in [-0.2, 0) is 4.74 Å². The van der Waals surface area contributed by atoms with Crippen molar-refractivity contribution in [2.24, 2.45) is 11.3 Å². The zero-order valence-corrected chi connectivity index (χ0v) is 10.4. The molecule has 0 spiro atoms. The first-order valence-corrected chi connectivity index (χ1v) is 5.95. The summed E-state index contributed by atoms with van der Waals surface area (Å²) in [6.07, 6.45) is 4.52. The van der Waals surface area contributed by atoms with Crippen molar-refractivity contribution in [2.75, 3.05) is 0 Å². The van der Waals surface area contributed by atoms with Crippen LogP contribution in [0.3, 0.4) is 0 Å². The lowest BCUT2D eigenvalue weighted by atomic mass is 9.71. The molecule has 1 aliphatic rings. The lowest BCUT2D eigenvalue weighted by molar-refractivity contribution is -0.0567. The molecule has 2 nitrogen and oxygen atoms in total. The maximum absolute atomic E-state index is 8.59. The fourth-order valence-corrected chi connectivity index (χ4v) is 2.87. The highest BCUT2D eigenvalue weighted by Gasteiger charge is 2.33. The van der Waals surface area contributed by atoms with Crippen molar-refractivity contribution < 1.29 is 4.74 Å². The van der Waals surface area contributed by atoms with Crippen LogP contribution >= 0.6 is 0 Å². The van der Waals surface area contributed by atoms with Crippen molar-refractivity contribution in [1.29, 1.82) is 5.26 Å². The zero-order valence-electron chi connectivity index (χ0n) is 10.4. The van der Waals surface area contributed by atoms with E-state index in [9.17, 15) is 0 Å². The van der Waals surface area contributed by atoms with Gasteiger partial charge in [-0.05, 0) is 37.5 Å². The summed E-state index contributed by atoms with van der Waals surface area (Å²) in [5.41, 5.74) is 0.398.